The molecule has 0 saturated carbocycles. The van der Waals surface area contributed by atoms with Crippen molar-refractivity contribution in [3.63, 3.8) is 0 Å². The van der Waals surface area contributed by atoms with Crippen molar-refractivity contribution in [2.75, 3.05) is 19.4 Å². The summed E-state index contributed by atoms with van der Waals surface area (Å²) in [7, 11) is 3.10. The SMILES string of the molecule is CN(C)C(=O)c1cc(NC(=O)[C@H](Cc2ccccc2)n2cccc2)ccc1F. The second-order valence-electron chi connectivity index (χ2n) is 6.72. The Labute approximate surface area is 163 Å². The Bertz CT molecular complexity index is 953. The molecule has 3 rings (SSSR count). The van der Waals surface area contributed by atoms with Crippen LogP contribution in [0.25, 0.3) is 0 Å². The Balaban J connectivity index is 1.84. The third kappa shape index (κ3) is 4.46. The number of carbonyl (C=O) groups is 2. The van der Waals surface area contributed by atoms with Crippen molar-refractivity contribution in [2.24, 2.45) is 0 Å². The summed E-state index contributed by atoms with van der Waals surface area (Å²) < 4.78 is 15.9. The quantitative estimate of drug-likeness (QED) is 0.709. The van der Waals surface area contributed by atoms with E-state index in [1.165, 1.54) is 23.1 Å². The first-order chi connectivity index (χ1) is 13.5. The Morgan fingerprint density at radius 2 is 1.71 bits per heavy atom. The zero-order valence-electron chi connectivity index (χ0n) is 15.8. The fourth-order valence-corrected chi connectivity index (χ4v) is 2.96. The van der Waals surface area contributed by atoms with E-state index in [4.69, 9.17) is 0 Å². The van der Waals surface area contributed by atoms with Crippen LogP contribution in [0.4, 0.5) is 10.1 Å². The van der Waals surface area contributed by atoms with Crippen LogP contribution in [-0.2, 0) is 11.2 Å². The van der Waals surface area contributed by atoms with E-state index in [1.54, 1.807) is 14.1 Å². The molecule has 0 fully saturated rings. The number of nitrogens with one attached hydrogen (secondary N) is 1. The van der Waals surface area contributed by atoms with Crippen LogP contribution in [0, 0.1) is 5.82 Å². The Morgan fingerprint density at radius 1 is 1.04 bits per heavy atom. The van der Waals surface area contributed by atoms with Crippen molar-refractivity contribution < 1.29 is 14.0 Å². The van der Waals surface area contributed by atoms with E-state index in [-0.39, 0.29) is 11.5 Å². The van der Waals surface area contributed by atoms with Gasteiger partial charge in [0.2, 0.25) is 5.91 Å². The Morgan fingerprint density at radius 3 is 2.36 bits per heavy atom. The van der Waals surface area contributed by atoms with Crippen LogP contribution in [-0.4, -0.2) is 35.4 Å². The summed E-state index contributed by atoms with van der Waals surface area (Å²) in [6, 6.07) is 17.0. The first-order valence-corrected chi connectivity index (χ1v) is 8.94. The van der Waals surface area contributed by atoms with E-state index < -0.39 is 17.8 Å². The zero-order valence-corrected chi connectivity index (χ0v) is 15.8. The Kier molecular flexibility index (Phi) is 5.89. The lowest BCUT2D eigenvalue weighted by Gasteiger charge is -2.19. The smallest absolute Gasteiger partial charge is 0.256 e. The van der Waals surface area contributed by atoms with Gasteiger partial charge in [0.1, 0.15) is 11.9 Å². The van der Waals surface area contributed by atoms with Gasteiger partial charge in [-0.15, -0.1) is 0 Å². The molecule has 144 valence electrons. The molecule has 5 nitrogen and oxygen atoms in total. The van der Waals surface area contributed by atoms with Crippen LogP contribution in [0.5, 0.6) is 0 Å². The van der Waals surface area contributed by atoms with Crippen LogP contribution in [0.2, 0.25) is 0 Å². The van der Waals surface area contributed by atoms with Gasteiger partial charge in [-0.05, 0) is 35.9 Å². The molecule has 1 aromatic heterocycles. The summed E-state index contributed by atoms with van der Waals surface area (Å²) in [5.74, 6) is -1.32. The van der Waals surface area contributed by atoms with Crippen molar-refractivity contribution in [3.05, 3.63) is 90.0 Å². The summed E-state index contributed by atoms with van der Waals surface area (Å²) in [4.78, 5) is 26.4. The molecular formula is C22H22FN3O2. The highest BCUT2D eigenvalue weighted by molar-refractivity contribution is 5.98. The van der Waals surface area contributed by atoms with Crippen molar-refractivity contribution in [2.45, 2.75) is 12.5 Å². The van der Waals surface area contributed by atoms with Gasteiger partial charge in [-0.1, -0.05) is 30.3 Å². The van der Waals surface area contributed by atoms with Gasteiger partial charge in [0.05, 0.1) is 5.56 Å². The molecule has 0 aliphatic heterocycles. The largest absolute Gasteiger partial charge is 0.345 e. The molecule has 0 unspecified atom stereocenters. The molecule has 0 bridgehead atoms. The van der Waals surface area contributed by atoms with E-state index in [0.717, 1.165) is 5.56 Å². The van der Waals surface area contributed by atoms with Gasteiger partial charge in [-0.2, -0.15) is 0 Å². The summed E-state index contributed by atoms with van der Waals surface area (Å²) in [5, 5.41) is 2.81. The second kappa shape index (κ2) is 8.52. The average molecular weight is 379 g/mol. The van der Waals surface area contributed by atoms with Crippen LogP contribution in [0.1, 0.15) is 22.0 Å². The summed E-state index contributed by atoms with van der Waals surface area (Å²) in [6.45, 7) is 0. The van der Waals surface area contributed by atoms with Gasteiger partial charge < -0.3 is 14.8 Å². The first-order valence-electron chi connectivity index (χ1n) is 8.94. The lowest BCUT2D eigenvalue weighted by atomic mass is 10.0. The second-order valence-corrected chi connectivity index (χ2v) is 6.72. The third-order valence-corrected chi connectivity index (χ3v) is 4.43. The molecule has 3 aromatic rings. The molecule has 1 N–H and O–H groups in total. The highest BCUT2D eigenvalue weighted by Gasteiger charge is 2.21. The van der Waals surface area contributed by atoms with Crippen LogP contribution < -0.4 is 5.32 Å². The number of nitrogens with zero attached hydrogens (tertiary/aromatic N) is 2. The lowest BCUT2D eigenvalue weighted by molar-refractivity contribution is -0.119. The van der Waals surface area contributed by atoms with E-state index in [9.17, 15) is 14.0 Å². The lowest BCUT2D eigenvalue weighted by Crippen LogP contribution is -2.27. The molecule has 0 aliphatic rings. The van der Waals surface area contributed by atoms with E-state index in [1.807, 2.05) is 59.4 Å². The minimum atomic E-state index is -0.622. The van der Waals surface area contributed by atoms with Crippen molar-refractivity contribution in [1.82, 2.24) is 9.47 Å². The molecule has 6 heteroatoms. The van der Waals surface area contributed by atoms with Gasteiger partial charge in [0.15, 0.2) is 0 Å². The standard InChI is InChI=1S/C22H22FN3O2/c1-25(2)22(28)18-15-17(10-11-19(18)23)24-21(27)20(26-12-6-7-13-26)14-16-8-4-3-5-9-16/h3-13,15,20H,14H2,1-2H3,(H,24,27)/t20-/m0/s1. The maximum atomic E-state index is 14.0. The van der Waals surface area contributed by atoms with E-state index in [2.05, 4.69) is 5.32 Å². The monoisotopic (exact) mass is 379 g/mol. The average Bonchev–Trinajstić information content (AvgIpc) is 3.22. The summed E-state index contributed by atoms with van der Waals surface area (Å²) in [5.41, 5.74) is 1.32. The number of rotatable bonds is 6. The molecule has 2 aromatic carbocycles. The highest BCUT2D eigenvalue weighted by Crippen LogP contribution is 2.20. The molecule has 1 heterocycles. The maximum absolute atomic E-state index is 14.0. The van der Waals surface area contributed by atoms with Gasteiger partial charge in [-0.25, -0.2) is 4.39 Å². The van der Waals surface area contributed by atoms with Crippen molar-refractivity contribution in [3.8, 4) is 0 Å². The fraction of sp³-hybridized carbons (Fsp3) is 0.182. The Hall–Kier alpha value is -3.41. The number of hydrogen-bond donors (Lipinski definition) is 1. The normalized spacial score (nSPS) is 11.7. The third-order valence-electron chi connectivity index (χ3n) is 4.43. The predicted molar refractivity (Wildman–Crippen MR) is 107 cm³/mol. The molecule has 0 spiro atoms. The van der Waals surface area contributed by atoms with Crippen LogP contribution >= 0.6 is 0 Å². The first kappa shape index (κ1) is 19.4. The molecule has 0 saturated heterocycles. The number of halogens is 1. The van der Waals surface area contributed by atoms with Gasteiger partial charge in [0.25, 0.3) is 5.91 Å². The predicted octanol–water partition coefficient (Wildman–Crippen LogP) is 3.75. The molecular weight excluding hydrogens is 357 g/mol. The number of aromatic nitrogens is 1. The number of carbonyl (C=O) groups excluding carboxylic acids is 2. The number of benzene rings is 2. The van der Waals surface area contributed by atoms with Crippen LogP contribution in [0.15, 0.2) is 73.1 Å². The van der Waals surface area contributed by atoms with E-state index in [0.29, 0.717) is 12.1 Å². The van der Waals surface area contributed by atoms with Gasteiger partial charge >= 0.3 is 0 Å². The topological polar surface area (TPSA) is 54.3 Å². The number of amides is 2. The van der Waals surface area contributed by atoms with Crippen LogP contribution in [0.3, 0.4) is 0 Å². The molecule has 28 heavy (non-hydrogen) atoms. The summed E-state index contributed by atoms with van der Waals surface area (Å²) >= 11 is 0. The zero-order chi connectivity index (χ0) is 20.1. The highest BCUT2D eigenvalue weighted by atomic mass is 19.1. The maximum Gasteiger partial charge on any atom is 0.256 e. The van der Waals surface area contributed by atoms with Gasteiger partial charge in [-0.3, -0.25) is 9.59 Å². The van der Waals surface area contributed by atoms with E-state index >= 15 is 0 Å². The molecule has 2 amide bonds. The van der Waals surface area contributed by atoms with Crippen molar-refractivity contribution in [1.29, 1.82) is 0 Å². The van der Waals surface area contributed by atoms with Crippen molar-refractivity contribution >= 4 is 17.5 Å². The fourth-order valence-electron chi connectivity index (χ4n) is 2.96. The molecule has 0 radical (unpaired) electrons. The minimum Gasteiger partial charge on any atom is -0.345 e. The minimum absolute atomic E-state index is 0.0802. The number of anilines is 1. The molecule has 1 atom stereocenters. The summed E-state index contributed by atoms with van der Waals surface area (Å²) in [6.07, 6.45) is 4.17. The number of hydrogen-bond acceptors (Lipinski definition) is 2. The van der Waals surface area contributed by atoms with Gasteiger partial charge in [0, 0.05) is 38.6 Å². The molecule has 0 aliphatic carbocycles.